The summed E-state index contributed by atoms with van der Waals surface area (Å²) in [6.45, 7) is 1.38. The van der Waals surface area contributed by atoms with E-state index in [0.29, 0.717) is 22.4 Å². The Morgan fingerprint density at radius 1 is 1.19 bits per heavy atom. The van der Waals surface area contributed by atoms with Crippen LogP contribution in [0.15, 0.2) is 65.5 Å². The van der Waals surface area contributed by atoms with Crippen LogP contribution >= 0.6 is 0 Å². The molecule has 4 aromatic rings. The number of hydrogen-bond donors (Lipinski definition) is 1. The Kier molecular flexibility index (Phi) is 3.96. The van der Waals surface area contributed by atoms with Crippen LogP contribution in [0.25, 0.3) is 22.6 Å². The summed E-state index contributed by atoms with van der Waals surface area (Å²) in [5.74, 6) is -0.557. The van der Waals surface area contributed by atoms with Crippen LogP contribution in [0.4, 0.5) is 5.69 Å². The van der Waals surface area contributed by atoms with Gasteiger partial charge in [-0.05, 0) is 29.8 Å². The summed E-state index contributed by atoms with van der Waals surface area (Å²) in [5.41, 5.74) is 0.720. The molecule has 0 unspecified atom stereocenters. The maximum absolute atomic E-state index is 12.1. The molecule has 3 heterocycles. The van der Waals surface area contributed by atoms with Gasteiger partial charge in [-0.1, -0.05) is 0 Å². The van der Waals surface area contributed by atoms with E-state index in [2.05, 4.69) is 10.4 Å². The molecule has 9 nitrogen and oxygen atoms in total. The minimum atomic E-state index is -0.683. The van der Waals surface area contributed by atoms with Crippen molar-refractivity contribution < 1.29 is 18.0 Å². The van der Waals surface area contributed by atoms with E-state index in [4.69, 9.17) is 13.3 Å². The second-order valence-corrected chi connectivity index (χ2v) is 5.79. The third-order valence-electron chi connectivity index (χ3n) is 3.81. The number of benzene rings is 1. The minimum absolute atomic E-state index is 0.00459. The summed E-state index contributed by atoms with van der Waals surface area (Å²) in [7, 11) is 0. The third kappa shape index (κ3) is 3.30. The molecule has 0 aliphatic heterocycles. The minimum Gasteiger partial charge on any atom is -0.459 e. The van der Waals surface area contributed by atoms with Crippen molar-refractivity contribution >= 4 is 22.6 Å². The summed E-state index contributed by atoms with van der Waals surface area (Å²) >= 11 is 0. The van der Waals surface area contributed by atoms with Crippen molar-refractivity contribution in [2.75, 3.05) is 5.32 Å². The number of hydrogen-bond acceptors (Lipinski definition) is 7. The normalized spacial score (nSPS) is 11.0. The van der Waals surface area contributed by atoms with Crippen LogP contribution in [0, 0.1) is 0 Å². The van der Waals surface area contributed by atoms with E-state index < -0.39 is 11.4 Å². The van der Waals surface area contributed by atoms with Gasteiger partial charge in [0.1, 0.15) is 5.58 Å². The number of amides is 1. The number of carbonyl (C=O) groups is 1. The van der Waals surface area contributed by atoms with Gasteiger partial charge in [0.25, 0.3) is 5.89 Å². The molecule has 0 bridgehead atoms. The van der Waals surface area contributed by atoms with Crippen molar-refractivity contribution in [1.29, 1.82) is 0 Å². The molecule has 1 aromatic carbocycles. The largest absolute Gasteiger partial charge is 0.459 e. The average molecular weight is 367 g/mol. The molecule has 0 radical (unpaired) electrons. The highest BCUT2D eigenvalue weighted by Gasteiger charge is 2.15. The number of aromatic nitrogens is 2. The number of fused-ring (bicyclic) bond motifs is 1. The van der Waals surface area contributed by atoms with Crippen LogP contribution in [0.1, 0.15) is 12.5 Å². The Balaban J connectivity index is 1.75. The number of carbonyl (C=O) groups excluding carboxylic acids is 1. The molecule has 0 saturated carbocycles. The molecule has 0 atom stereocenters. The summed E-state index contributed by atoms with van der Waals surface area (Å²) in [5, 5.41) is 7.32. The van der Waals surface area contributed by atoms with Crippen molar-refractivity contribution in [3.63, 3.8) is 0 Å². The Labute approximate surface area is 150 Å². The zero-order valence-corrected chi connectivity index (χ0v) is 14.1. The zero-order valence-electron chi connectivity index (χ0n) is 14.1. The van der Waals surface area contributed by atoms with E-state index in [1.165, 1.54) is 19.3 Å². The van der Waals surface area contributed by atoms with E-state index in [1.807, 2.05) is 0 Å². The van der Waals surface area contributed by atoms with Crippen LogP contribution in [-0.4, -0.2) is 15.7 Å². The summed E-state index contributed by atoms with van der Waals surface area (Å²) in [4.78, 5) is 35.2. The predicted molar refractivity (Wildman–Crippen MR) is 94.4 cm³/mol. The Bertz CT molecular complexity index is 1250. The molecule has 1 amide bonds. The molecule has 0 saturated heterocycles. The molecule has 136 valence electrons. The Morgan fingerprint density at radius 3 is 2.78 bits per heavy atom. The topological polar surface area (TPSA) is 120 Å². The van der Waals surface area contributed by atoms with Gasteiger partial charge in [0.15, 0.2) is 5.76 Å². The van der Waals surface area contributed by atoms with Gasteiger partial charge in [-0.2, -0.15) is 4.68 Å². The monoisotopic (exact) mass is 367 g/mol. The quantitative estimate of drug-likeness (QED) is 0.549. The van der Waals surface area contributed by atoms with Gasteiger partial charge in [0, 0.05) is 30.1 Å². The van der Waals surface area contributed by atoms with Crippen LogP contribution in [0.5, 0.6) is 0 Å². The maximum Gasteiger partial charge on any atom is 0.437 e. The summed E-state index contributed by atoms with van der Waals surface area (Å²) in [6, 6.07) is 9.46. The lowest BCUT2D eigenvalue weighted by molar-refractivity contribution is -0.114. The zero-order chi connectivity index (χ0) is 19.0. The molecular weight excluding hydrogens is 354 g/mol. The van der Waals surface area contributed by atoms with Crippen LogP contribution < -0.4 is 16.7 Å². The van der Waals surface area contributed by atoms with E-state index in [1.54, 1.807) is 30.3 Å². The number of nitrogens with one attached hydrogen (secondary N) is 1. The van der Waals surface area contributed by atoms with Gasteiger partial charge < -0.3 is 18.6 Å². The summed E-state index contributed by atoms with van der Waals surface area (Å²) < 4.78 is 16.5. The Morgan fingerprint density at radius 2 is 2.04 bits per heavy atom. The molecule has 3 aromatic heterocycles. The van der Waals surface area contributed by atoms with Gasteiger partial charge >= 0.3 is 11.4 Å². The van der Waals surface area contributed by atoms with E-state index in [-0.39, 0.29) is 23.9 Å². The first-order chi connectivity index (χ1) is 13.0. The predicted octanol–water partition coefficient (Wildman–Crippen LogP) is 2.21. The lowest BCUT2D eigenvalue weighted by atomic mass is 10.1. The van der Waals surface area contributed by atoms with Crippen molar-refractivity contribution in [2.45, 2.75) is 13.5 Å². The van der Waals surface area contributed by atoms with Crippen molar-refractivity contribution in [1.82, 2.24) is 9.78 Å². The first kappa shape index (κ1) is 16.6. The Hall–Kier alpha value is -3.88. The highest BCUT2D eigenvalue weighted by Crippen LogP contribution is 2.22. The summed E-state index contributed by atoms with van der Waals surface area (Å²) in [6.07, 6.45) is 1.44. The number of nitrogens with zero attached hydrogens (tertiary/aromatic N) is 2. The second-order valence-electron chi connectivity index (χ2n) is 5.79. The maximum atomic E-state index is 12.1. The lowest BCUT2D eigenvalue weighted by Crippen LogP contribution is -2.17. The molecule has 0 aliphatic rings. The molecule has 27 heavy (non-hydrogen) atoms. The standard InChI is InChI=1S/C18H13N3O6/c1-10(22)19-12-4-5-13-11(7-16(23)26-15(13)8-12)9-21-18(24)27-17(20-21)14-3-2-6-25-14/h2-8H,9H2,1H3,(H,19,22). The average Bonchev–Trinajstić information content (AvgIpc) is 3.24. The fourth-order valence-corrected chi connectivity index (χ4v) is 2.71. The fraction of sp³-hybridized carbons (Fsp3) is 0.111. The fourth-order valence-electron chi connectivity index (χ4n) is 2.71. The molecule has 0 aliphatic carbocycles. The second kappa shape index (κ2) is 6.45. The first-order valence-electron chi connectivity index (χ1n) is 7.96. The van der Waals surface area contributed by atoms with Crippen LogP contribution in [0.3, 0.4) is 0 Å². The van der Waals surface area contributed by atoms with Gasteiger partial charge in [-0.15, -0.1) is 5.10 Å². The SMILES string of the molecule is CC(=O)Nc1ccc2c(Cn3nc(-c4ccco4)oc3=O)cc(=O)oc2c1. The molecular formula is C18H13N3O6. The van der Waals surface area contributed by atoms with Gasteiger partial charge in [0.2, 0.25) is 5.91 Å². The van der Waals surface area contributed by atoms with E-state index >= 15 is 0 Å². The molecule has 4 rings (SSSR count). The van der Waals surface area contributed by atoms with E-state index in [0.717, 1.165) is 4.68 Å². The van der Waals surface area contributed by atoms with Crippen LogP contribution in [0.2, 0.25) is 0 Å². The van der Waals surface area contributed by atoms with Crippen molar-refractivity contribution in [3.8, 4) is 11.7 Å². The molecule has 0 spiro atoms. The van der Waals surface area contributed by atoms with Gasteiger partial charge in [0.05, 0.1) is 12.8 Å². The number of anilines is 1. The smallest absolute Gasteiger partial charge is 0.437 e. The van der Waals surface area contributed by atoms with Crippen molar-refractivity contribution in [2.24, 2.45) is 0 Å². The first-order valence-corrected chi connectivity index (χ1v) is 7.96. The van der Waals surface area contributed by atoms with Crippen molar-refractivity contribution in [3.05, 3.63) is 69.2 Å². The number of rotatable bonds is 4. The molecule has 9 heteroatoms. The van der Waals surface area contributed by atoms with E-state index in [9.17, 15) is 14.4 Å². The highest BCUT2D eigenvalue weighted by atomic mass is 16.4. The van der Waals surface area contributed by atoms with Gasteiger partial charge in [-0.25, -0.2) is 9.59 Å². The molecule has 1 N–H and O–H groups in total. The highest BCUT2D eigenvalue weighted by molar-refractivity contribution is 5.92. The third-order valence-corrected chi connectivity index (χ3v) is 3.81. The molecule has 0 fully saturated rings. The van der Waals surface area contributed by atoms with Gasteiger partial charge in [-0.3, -0.25) is 4.79 Å². The lowest BCUT2D eigenvalue weighted by Gasteiger charge is -2.07. The van der Waals surface area contributed by atoms with Crippen LogP contribution in [-0.2, 0) is 11.3 Å². The number of furan rings is 1.